The van der Waals surface area contributed by atoms with Crippen molar-refractivity contribution in [3.8, 4) is 5.75 Å². The van der Waals surface area contributed by atoms with Gasteiger partial charge in [0.05, 0.1) is 49.4 Å². The Labute approximate surface area is 283 Å². The zero-order valence-electron chi connectivity index (χ0n) is 28.3. The molecule has 4 rings (SSSR count). The first kappa shape index (κ1) is 37.4. The zero-order chi connectivity index (χ0) is 34.9. The van der Waals surface area contributed by atoms with Crippen molar-refractivity contribution in [3.05, 3.63) is 60.2 Å². The molecule has 2 aliphatic heterocycles. The number of methoxy groups -OCH3 is 1. The molecule has 2 fully saturated rings. The minimum Gasteiger partial charge on any atom is -0.497 e. The van der Waals surface area contributed by atoms with E-state index in [4.69, 9.17) is 23.7 Å². The van der Waals surface area contributed by atoms with E-state index >= 15 is 0 Å². The third kappa shape index (κ3) is 10.5. The average Bonchev–Trinajstić information content (AvgIpc) is 3.65. The van der Waals surface area contributed by atoms with Gasteiger partial charge >= 0.3 is 12.2 Å². The number of ether oxygens (including phenoxy) is 5. The van der Waals surface area contributed by atoms with Crippen LogP contribution in [0, 0.1) is 11.3 Å². The first-order valence-electron chi connectivity index (χ1n) is 16.3. The quantitative estimate of drug-likeness (QED) is 0.237. The van der Waals surface area contributed by atoms with Gasteiger partial charge in [-0.15, -0.1) is 0 Å². The molecule has 0 aliphatic carbocycles. The summed E-state index contributed by atoms with van der Waals surface area (Å²) in [5, 5.41) is 17.2. The number of aliphatic hydroxyl groups excluding tert-OH is 1. The summed E-state index contributed by atoms with van der Waals surface area (Å²) in [6, 6.07) is 14.5. The van der Waals surface area contributed by atoms with E-state index in [0.717, 1.165) is 5.56 Å². The fraction of sp³-hybridized carbons (Fsp3) is 0.588. The van der Waals surface area contributed by atoms with E-state index < -0.39 is 52.2 Å². The first-order chi connectivity index (χ1) is 22.8. The average molecular weight is 692 g/mol. The number of benzene rings is 2. The fourth-order valence-corrected chi connectivity index (χ4v) is 7.51. The second kappa shape index (κ2) is 16.8. The van der Waals surface area contributed by atoms with Gasteiger partial charge in [0.25, 0.3) is 0 Å². The van der Waals surface area contributed by atoms with Crippen molar-refractivity contribution in [1.82, 2.24) is 14.9 Å². The number of amides is 2. The van der Waals surface area contributed by atoms with E-state index in [1.54, 1.807) is 26.0 Å². The highest BCUT2D eigenvalue weighted by atomic mass is 32.2. The van der Waals surface area contributed by atoms with Crippen molar-refractivity contribution in [3.63, 3.8) is 0 Å². The molecule has 0 radical (unpaired) electrons. The highest BCUT2D eigenvalue weighted by Gasteiger charge is 2.44. The standard InChI is InChI=1S/C34H49N3O10S/c1-23(2)46-32(39)35-16-15-34(3,4)22-37(48(41,42)26-13-9-12-25(19-26)43-5)20-29(38)28(18-24-10-7-6-8-11-24)36-33(40)47-30-21-45-31-27(30)14-17-44-31/h6-13,19,23,27-31,38H,14-18,20-22H2,1-5H3,(H,35,39)(H,36,40)/t27-,28-,29+,30-,31+/m0/s1. The Morgan fingerprint density at radius 3 is 2.54 bits per heavy atom. The molecule has 2 aromatic rings. The number of aliphatic hydroxyl groups is 1. The maximum absolute atomic E-state index is 14.2. The molecule has 2 heterocycles. The maximum atomic E-state index is 14.2. The first-order valence-corrected chi connectivity index (χ1v) is 17.7. The number of sulfonamides is 1. The van der Waals surface area contributed by atoms with Crippen LogP contribution in [-0.4, -0.2) is 101 Å². The van der Waals surface area contributed by atoms with Crippen LogP contribution in [0.3, 0.4) is 0 Å². The highest BCUT2D eigenvalue weighted by Crippen LogP contribution is 2.33. The molecule has 0 aromatic heterocycles. The van der Waals surface area contributed by atoms with Crippen molar-refractivity contribution in [2.75, 3.05) is 40.0 Å². The summed E-state index contributed by atoms with van der Waals surface area (Å²) in [5.74, 6) is 0.293. The molecule has 2 aromatic carbocycles. The topological polar surface area (TPSA) is 162 Å². The zero-order valence-corrected chi connectivity index (χ0v) is 29.1. The molecule has 2 aliphatic rings. The molecule has 0 bridgehead atoms. The minimum absolute atomic E-state index is 0.00447. The molecule has 48 heavy (non-hydrogen) atoms. The van der Waals surface area contributed by atoms with Crippen LogP contribution in [0.2, 0.25) is 0 Å². The molecule has 0 unspecified atom stereocenters. The number of nitrogens with one attached hydrogen (secondary N) is 2. The molecule has 0 saturated carbocycles. The van der Waals surface area contributed by atoms with Gasteiger partial charge in [-0.25, -0.2) is 18.0 Å². The number of carbonyl (C=O) groups excluding carboxylic acids is 2. The van der Waals surface area contributed by atoms with Gasteiger partial charge < -0.3 is 39.4 Å². The molecule has 14 heteroatoms. The van der Waals surface area contributed by atoms with Crippen molar-refractivity contribution in [2.45, 2.75) is 82.5 Å². The third-order valence-electron chi connectivity index (χ3n) is 8.40. The van der Waals surface area contributed by atoms with Gasteiger partial charge in [0.15, 0.2) is 6.29 Å². The van der Waals surface area contributed by atoms with Crippen LogP contribution in [0.5, 0.6) is 5.75 Å². The van der Waals surface area contributed by atoms with E-state index in [2.05, 4.69) is 10.6 Å². The molecular formula is C34H49N3O10S. The Morgan fingerprint density at radius 1 is 1.08 bits per heavy atom. The Kier molecular flexibility index (Phi) is 13.1. The maximum Gasteiger partial charge on any atom is 0.407 e. The van der Waals surface area contributed by atoms with Crippen LogP contribution in [0.15, 0.2) is 59.5 Å². The largest absolute Gasteiger partial charge is 0.497 e. The van der Waals surface area contributed by atoms with Crippen molar-refractivity contribution in [2.24, 2.45) is 11.3 Å². The van der Waals surface area contributed by atoms with Gasteiger partial charge in [-0.2, -0.15) is 4.31 Å². The number of hydrogen-bond donors (Lipinski definition) is 3. The van der Waals surface area contributed by atoms with E-state index in [1.807, 2.05) is 44.2 Å². The van der Waals surface area contributed by atoms with E-state index in [9.17, 15) is 23.1 Å². The fourth-order valence-electron chi connectivity index (χ4n) is 5.83. The van der Waals surface area contributed by atoms with Gasteiger partial charge in [0.1, 0.15) is 11.9 Å². The summed E-state index contributed by atoms with van der Waals surface area (Å²) >= 11 is 0. The third-order valence-corrected chi connectivity index (χ3v) is 10.2. The van der Waals surface area contributed by atoms with Crippen LogP contribution in [0.4, 0.5) is 9.59 Å². The lowest BCUT2D eigenvalue weighted by Gasteiger charge is -2.35. The molecule has 13 nitrogen and oxygen atoms in total. The second-order valence-electron chi connectivity index (χ2n) is 13.2. The Hall–Kier alpha value is -3.43. The van der Waals surface area contributed by atoms with Gasteiger partial charge in [0, 0.05) is 25.7 Å². The van der Waals surface area contributed by atoms with E-state index in [0.29, 0.717) is 25.2 Å². The summed E-state index contributed by atoms with van der Waals surface area (Å²) in [6.07, 6.45) is -2.47. The van der Waals surface area contributed by atoms with E-state index in [-0.39, 0.29) is 49.6 Å². The van der Waals surface area contributed by atoms with Crippen molar-refractivity contribution < 1.29 is 46.8 Å². The summed E-state index contributed by atoms with van der Waals surface area (Å²) in [6.45, 7) is 7.89. The van der Waals surface area contributed by atoms with Gasteiger partial charge in [-0.3, -0.25) is 0 Å². The summed E-state index contributed by atoms with van der Waals surface area (Å²) in [4.78, 5) is 25.2. The molecule has 2 amide bonds. The Morgan fingerprint density at radius 2 is 1.83 bits per heavy atom. The second-order valence-corrected chi connectivity index (χ2v) is 15.2. The summed E-state index contributed by atoms with van der Waals surface area (Å²) in [7, 11) is -2.73. The molecule has 3 N–H and O–H groups in total. The van der Waals surface area contributed by atoms with Crippen molar-refractivity contribution in [1.29, 1.82) is 0 Å². The number of alkyl carbamates (subject to hydrolysis) is 2. The van der Waals surface area contributed by atoms with Gasteiger partial charge in [-0.05, 0) is 56.2 Å². The predicted octanol–water partition coefficient (Wildman–Crippen LogP) is 3.70. The minimum atomic E-state index is -4.18. The SMILES string of the molecule is COc1cccc(S(=O)(=O)N(C[C@@H](O)[C@H](Cc2ccccc2)NC(=O)O[C@H]2CO[C@H]3OCC[C@H]32)CC(C)(C)CCNC(=O)OC(C)C)c1. The Balaban J connectivity index is 1.55. The lowest BCUT2D eigenvalue weighted by atomic mass is 9.89. The van der Waals surface area contributed by atoms with Crippen LogP contribution in [0.1, 0.15) is 46.1 Å². The molecular weight excluding hydrogens is 642 g/mol. The van der Waals surface area contributed by atoms with E-state index in [1.165, 1.54) is 23.5 Å². The monoisotopic (exact) mass is 691 g/mol. The van der Waals surface area contributed by atoms with Gasteiger partial charge in [-0.1, -0.05) is 50.2 Å². The van der Waals surface area contributed by atoms with Crippen LogP contribution in [-0.2, 0) is 35.4 Å². The summed E-state index contributed by atoms with van der Waals surface area (Å²) < 4.78 is 56.9. The lowest BCUT2D eigenvalue weighted by Crippen LogP contribution is -2.52. The summed E-state index contributed by atoms with van der Waals surface area (Å²) in [5.41, 5.74) is 0.178. The lowest BCUT2D eigenvalue weighted by molar-refractivity contribution is -0.0907. The number of hydrogen-bond acceptors (Lipinski definition) is 10. The number of rotatable bonds is 16. The highest BCUT2D eigenvalue weighted by molar-refractivity contribution is 7.89. The van der Waals surface area contributed by atoms with Gasteiger partial charge in [0.2, 0.25) is 10.0 Å². The number of fused-ring (bicyclic) bond motifs is 1. The Bertz CT molecular complexity index is 1460. The smallest absolute Gasteiger partial charge is 0.407 e. The van der Waals surface area contributed by atoms with Crippen LogP contribution < -0.4 is 15.4 Å². The van der Waals surface area contributed by atoms with Crippen LogP contribution in [0.25, 0.3) is 0 Å². The molecule has 2 saturated heterocycles. The molecule has 0 spiro atoms. The molecule has 5 atom stereocenters. The number of nitrogens with zero attached hydrogens (tertiary/aromatic N) is 1. The van der Waals surface area contributed by atoms with Crippen LogP contribution >= 0.6 is 0 Å². The number of carbonyl (C=O) groups is 2. The van der Waals surface area contributed by atoms with Crippen molar-refractivity contribution >= 4 is 22.2 Å². The predicted molar refractivity (Wildman–Crippen MR) is 177 cm³/mol. The normalized spacial score (nSPS) is 20.6. The molecule has 266 valence electrons.